The molecule has 0 aliphatic carbocycles. The maximum Gasteiger partial charge on any atom is 0.132 e. The predicted octanol–water partition coefficient (Wildman–Crippen LogP) is 3.26. The summed E-state index contributed by atoms with van der Waals surface area (Å²) in [5, 5.41) is 13.6. The highest BCUT2D eigenvalue weighted by Crippen LogP contribution is 2.24. The molecular formula is C14H16BrFN2O2. The number of halogens is 2. The highest BCUT2D eigenvalue weighted by atomic mass is 79.9. The largest absolute Gasteiger partial charge is 0.487 e. The van der Waals surface area contributed by atoms with Crippen molar-refractivity contribution >= 4 is 15.9 Å². The maximum atomic E-state index is 13.7. The fourth-order valence-electron chi connectivity index (χ4n) is 1.93. The lowest BCUT2D eigenvalue weighted by molar-refractivity contribution is 0.193. The molecule has 0 amide bonds. The van der Waals surface area contributed by atoms with Crippen LogP contribution in [0.2, 0.25) is 0 Å². The van der Waals surface area contributed by atoms with Crippen LogP contribution in [-0.2, 0) is 13.7 Å². The summed E-state index contributed by atoms with van der Waals surface area (Å²) in [6, 6.07) is 4.44. The summed E-state index contributed by atoms with van der Waals surface area (Å²) in [6.07, 6.45) is -0.835. The smallest absolute Gasteiger partial charge is 0.132 e. The molecule has 2 rings (SSSR count). The number of aryl methyl sites for hydroxylation is 2. The molecule has 0 bridgehead atoms. The van der Waals surface area contributed by atoms with Crippen molar-refractivity contribution in [3.05, 3.63) is 45.4 Å². The van der Waals surface area contributed by atoms with E-state index in [-0.39, 0.29) is 12.2 Å². The van der Waals surface area contributed by atoms with Crippen molar-refractivity contribution in [3.8, 4) is 5.75 Å². The van der Waals surface area contributed by atoms with Crippen LogP contribution in [-0.4, -0.2) is 14.9 Å². The number of ether oxygens (including phenoxy) is 1. The lowest BCUT2D eigenvalue weighted by atomic mass is 10.1. The minimum Gasteiger partial charge on any atom is -0.487 e. The molecule has 0 aliphatic rings. The highest BCUT2D eigenvalue weighted by molar-refractivity contribution is 9.10. The van der Waals surface area contributed by atoms with Crippen LogP contribution >= 0.6 is 15.9 Å². The van der Waals surface area contributed by atoms with Gasteiger partial charge < -0.3 is 9.84 Å². The molecule has 0 radical (unpaired) electrons. The zero-order chi connectivity index (χ0) is 14.9. The first-order valence-electron chi connectivity index (χ1n) is 6.18. The lowest BCUT2D eigenvalue weighted by Gasteiger charge is -2.10. The molecule has 6 heteroatoms. The molecule has 0 unspecified atom stereocenters. The van der Waals surface area contributed by atoms with Gasteiger partial charge in [-0.15, -0.1) is 0 Å². The van der Waals surface area contributed by atoms with Crippen molar-refractivity contribution in [1.29, 1.82) is 0 Å². The fourth-order valence-corrected chi connectivity index (χ4v) is 2.38. The molecule has 108 valence electrons. The van der Waals surface area contributed by atoms with Crippen LogP contribution in [0.15, 0.2) is 22.7 Å². The molecule has 20 heavy (non-hydrogen) atoms. The van der Waals surface area contributed by atoms with Gasteiger partial charge in [-0.25, -0.2) is 4.39 Å². The SMILES string of the molecule is Cc1nn(C)c(COc2ccc([C@H](C)O)c(F)c2)c1Br. The Bertz CT molecular complexity index is 626. The summed E-state index contributed by atoms with van der Waals surface area (Å²) in [5.41, 5.74) is 2.01. The number of aromatic nitrogens is 2. The summed E-state index contributed by atoms with van der Waals surface area (Å²) in [7, 11) is 1.83. The zero-order valence-corrected chi connectivity index (χ0v) is 13.1. The molecule has 4 nitrogen and oxygen atoms in total. The average molecular weight is 343 g/mol. The fraction of sp³-hybridized carbons (Fsp3) is 0.357. The van der Waals surface area contributed by atoms with Gasteiger partial charge in [0, 0.05) is 18.7 Å². The van der Waals surface area contributed by atoms with E-state index < -0.39 is 11.9 Å². The van der Waals surface area contributed by atoms with Crippen molar-refractivity contribution in [2.24, 2.45) is 7.05 Å². The van der Waals surface area contributed by atoms with Gasteiger partial charge in [0.2, 0.25) is 0 Å². The monoisotopic (exact) mass is 342 g/mol. The van der Waals surface area contributed by atoms with Crippen LogP contribution in [0.1, 0.15) is 30.0 Å². The summed E-state index contributed by atoms with van der Waals surface area (Å²) in [4.78, 5) is 0. The molecule has 1 aromatic heterocycles. The third kappa shape index (κ3) is 3.02. The Morgan fingerprint density at radius 3 is 2.70 bits per heavy atom. The quantitative estimate of drug-likeness (QED) is 0.927. The Balaban J connectivity index is 2.13. The van der Waals surface area contributed by atoms with E-state index in [1.165, 1.54) is 19.1 Å². The van der Waals surface area contributed by atoms with Gasteiger partial charge in [0.15, 0.2) is 0 Å². The van der Waals surface area contributed by atoms with Crippen molar-refractivity contribution in [3.63, 3.8) is 0 Å². The van der Waals surface area contributed by atoms with Crippen LogP contribution in [0, 0.1) is 12.7 Å². The molecule has 0 saturated carbocycles. The normalized spacial score (nSPS) is 12.5. The second-order valence-electron chi connectivity index (χ2n) is 4.62. The van der Waals surface area contributed by atoms with Crippen LogP contribution in [0.3, 0.4) is 0 Å². The van der Waals surface area contributed by atoms with Crippen molar-refractivity contribution < 1.29 is 14.2 Å². The van der Waals surface area contributed by atoms with Gasteiger partial charge in [0.25, 0.3) is 0 Å². The number of benzene rings is 1. The van der Waals surface area contributed by atoms with Crippen LogP contribution in [0.5, 0.6) is 5.75 Å². The first kappa shape index (κ1) is 15.0. The molecule has 1 heterocycles. The second-order valence-corrected chi connectivity index (χ2v) is 5.41. The summed E-state index contributed by atoms with van der Waals surface area (Å²) >= 11 is 3.45. The average Bonchev–Trinajstić information content (AvgIpc) is 2.61. The molecule has 0 aliphatic heterocycles. The van der Waals surface area contributed by atoms with Crippen LogP contribution in [0.4, 0.5) is 4.39 Å². The number of hydrogen-bond donors (Lipinski definition) is 1. The van der Waals surface area contributed by atoms with E-state index in [1.807, 2.05) is 14.0 Å². The number of aliphatic hydroxyl groups excluding tert-OH is 1. The molecule has 1 aromatic carbocycles. The minimum atomic E-state index is -0.835. The third-order valence-electron chi connectivity index (χ3n) is 3.06. The molecule has 0 saturated heterocycles. The third-order valence-corrected chi connectivity index (χ3v) is 4.09. The summed E-state index contributed by atoms with van der Waals surface area (Å²) < 4.78 is 21.9. The van der Waals surface area contributed by atoms with Gasteiger partial charge >= 0.3 is 0 Å². The van der Waals surface area contributed by atoms with Gasteiger partial charge in [-0.3, -0.25) is 4.68 Å². The Morgan fingerprint density at radius 2 is 2.20 bits per heavy atom. The van der Waals surface area contributed by atoms with Crippen molar-refractivity contribution in [1.82, 2.24) is 9.78 Å². The molecule has 1 atom stereocenters. The van der Waals surface area contributed by atoms with Gasteiger partial charge in [0.1, 0.15) is 18.2 Å². The van der Waals surface area contributed by atoms with Gasteiger partial charge in [-0.1, -0.05) is 0 Å². The van der Waals surface area contributed by atoms with Gasteiger partial charge in [-0.05, 0) is 41.9 Å². The van der Waals surface area contributed by atoms with E-state index in [0.717, 1.165) is 15.9 Å². The maximum absolute atomic E-state index is 13.7. The number of aliphatic hydroxyl groups is 1. The van der Waals surface area contributed by atoms with E-state index in [0.29, 0.717) is 5.75 Å². The Labute approximate surface area is 125 Å². The highest BCUT2D eigenvalue weighted by Gasteiger charge is 2.13. The van der Waals surface area contributed by atoms with Crippen molar-refractivity contribution in [2.45, 2.75) is 26.6 Å². The second kappa shape index (κ2) is 5.93. The molecule has 2 aromatic rings. The zero-order valence-electron chi connectivity index (χ0n) is 11.5. The topological polar surface area (TPSA) is 47.3 Å². The Hall–Kier alpha value is -1.40. The predicted molar refractivity (Wildman–Crippen MR) is 77.0 cm³/mol. The van der Waals surface area contributed by atoms with Gasteiger partial charge in [-0.2, -0.15) is 5.10 Å². The van der Waals surface area contributed by atoms with E-state index >= 15 is 0 Å². The molecule has 1 N–H and O–H groups in total. The number of nitrogens with zero attached hydrogens (tertiary/aromatic N) is 2. The number of hydrogen-bond acceptors (Lipinski definition) is 3. The van der Waals surface area contributed by atoms with Crippen molar-refractivity contribution in [2.75, 3.05) is 0 Å². The van der Waals surface area contributed by atoms with E-state index in [9.17, 15) is 9.50 Å². The Kier molecular flexibility index (Phi) is 4.45. The summed E-state index contributed by atoms with van der Waals surface area (Å²) in [6.45, 7) is 3.70. The van der Waals surface area contributed by atoms with Gasteiger partial charge in [0.05, 0.1) is 22.0 Å². The lowest BCUT2D eigenvalue weighted by Crippen LogP contribution is -2.04. The standard InChI is InChI=1S/C14H16BrFN2O2/c1-8-14(15)13(18(3)17-8)7-20-10-4-5-11(9(2)19)12(16)6-10/h4-6,9,19H,7H2,1-3H3/t9-/m0/s1. The summed E-state index contributed by atoms with van der Waals surface area (Å²) in [5.74, 6) is -0.0598. The minimum absolute atomic E-state index is 0.259. The van der Waals surface area contributed by atoms with E-state index in [4.69, 9.17) is 4.74 Å². The Morgan fingerprint density at radius 1 is 1.50 bits per heavy atom. The van der Waals surface area contributed by atoms with Crippen LogP contribution in [0.25, 0.3) is 0 Å². The molecule has 0 fully saturated rings. The van der Waals surface area contributed by atoms with Crippen LogP contribution < -0.4 is 4.74 Å². The molecular weight excluding hydrogens is 327 g/mol. The molecule has 0 spiro atoms. The number of rotatable bonds is 4. The first-order valence-corrected chi connectivity index (χ1v) is 6.97. The first-order chi connectivity index (χ1) is 9.40. The van der Waals surface area contributed by atoms with E-state index in [1.54, 1.807) is 10.7 Å². The van der Waals surface area contributed by atoms with E-state index in [2.05, 4.69) is 21.0 Å².